The molecule has 98 heavy (non-hydrogen) atoms. The summed E-state index contributed by atoms with van der Waals surface area (Å²) < 4.78 is 142. The Bertz CT molecular complexity index is 2790. The highest BCUT2D eigenvalue weighted by molar-refractivity contribution is 7.81. The Morgan fingerprint density at radius 3 is 1.23 bits per heavy atom. The SMILES string of the molecule is CC(=O)NC(CO)C(OC1OC(CO)C(O)C(OC2OC(CO)C(O)C(OC3OC(COS(=O)(=O)O)C(O)C(OC4OC(CO)C(O)C(O)C4O)C3NC(C)=O)C2O)C1NC(C)=O)C(O)C(O)COC1OC(CO)C(OC2OC(COS(=O)(=O)O)C(O)C(O)C2O)C(O)C1NC(C)=O. The summed E-state index contributed by atoms with van der Waals surface area (Å²) in [6.45, 7) is -5.69. The van der Waals surface area contributed by atoms with Crippen molar-refractivity contribution in [2.45, 2.75) is 236 Å². The quantitative estimate of drug-likeness (QED) is 0.0287. The number of carbonyl (C=O) groups excluding carboxylic acids is 4. The summed E-state index contributed by atoms with van der Waals surface area (Å²) >= 11 is 0. The third-order valence-corrected chi connectivity index (χ3v) is 17.1. The molecule has 6 fully saturated rings. The average molecular weight is 1480 g/mol. The first kappa shape index (κ1) is 83.4. The molecule has 0 bridgehead atoms. The van der Waals surface area contributed by atoms with Crippen molar-refractivity contribution in [3.05, 3.63) is 0 Å². The fraction of sp³-hybridized carbons (Fsp3) is 0.920. The number of ether oxygens (including phenoxy) is 12. The lowest BCUT2D eigenvalue weighted by Gasteiger charge is -2.50. The van der Waals surface area contributed by atoms with Gasteiger partial charge in [-0.1, -0.05) is 0 Å². The summed E-state index contributed by atoms with van der Waals surface area (Å²) in [6.07, 6.45) is -63.9. The number of aliphatic hydroxyl groups is 18. The summed E-state index contributed by atoms with van der Waals surface area (Å²) in [5.41, 5.74) is 0. The number of hydrogen-bond donors (Lipinski definition) is 24. The van der Waals surface area contributed by atoms with Gasteiger partial charge < -0.3 is 170 Å². The molecule has 0 spiro atoms. The molecule has 34 unspecified atom stereocenters. The van der Waals surface area contributed by atoms with Gasteiger partial charge in [-0.05, 0) is 0 Å². The Labute approximate surface area is 555 Å². The smallest absolute Gasteiger partial charge is 0.394 e. The van der Waals surface area contributed by atoms with E-state index < -0.39 is 306 Å². The molecular formula is C50H86N4O42S2. The zero-order valence-electron chi connectivity index (χ0n) is 52.0. The third kappa shape index (κ3) is 21.1. The van der Waals surface area contributed by atoms with Crippen molar-refractivity contribution in [2.24, 2.45) is 0 Å². The average Bonchev–Trinajstić information content (AvgIpc) is 0.779. The summed E-state index contributed by atoms with van der Waals surface area (Å²) in [6, 6.07) is -7.68. The van der Waals surface area contributed by atoms with Crippen LogP contribution in [0.3, 0.4) is 0 Å². The molecule has 6 rings (SSSR count). The zero-order valence-corrected chi connectivity index (χ0v) is 53.7. The molecule has 4 amide bonds. The molecule has 0 aromatic carbocycles. The van der Waals surface area contributed by atoms with E-state index in [9.17, 15) is 132 Å². The highest BCUT2D eigenvalue weighted by Gasteiger charge is 2.58. The molecule has 0 aliphatic carbocycles. The lowest BCUT2D eigenvalue weighted by Crippen LogP contribution is -2.71. The lowest BCUT2D eigenvalue weighted by atomic mass is 9.93. The van der Waals surface area contributed by atoms with E-state index in [1.807, 2.05) is 0 Å². The van der Waals surface area contributed by atoms with Crippen LogP contribution in [0.2, 0.25) is 0 Å². The van der Waals surface area contributed by atoms with Gasteiger partial charge in [-0.25, -0.2) is 8.37 Å². The first-order chi connectivity index (χ1) is 45.8. The summed E-state index contributed by atoms with van der Waals surface area (Å²) in [5.74, 6) is -3.86. The van der Waals surface area contributed by atoms with Crippen LogP contribution in [0.4, 0.5) is 0 Å². The van der Waals surface area contributed by atoms with E-state index in [0.717, 1.165) is 27.7 Å². The van der Waals surface area contributed by atoms with E-state index in [-0.39, 0.29) is 0 Å². The Balaban J connectivity index is 1.28. The number of amides is 4. The van der Waals surface area contributed by atoms with Gasteiger partial charge >= 0.3 is 20.8 Å². The van der Waals surface area contributed by atoms with Gasteiger partial charge in [-0.15, -0.1) is 0 Å². The molecule has 24 N–H and O–H groups in total. The number of aliphatic hydroxyl groups excluding tert-OH is 18. The largest absolute Gasteiger partial charge is 0.397 e. The summed E-state index contributed by atoms with van der Waals surface area (Å²) in [7, 11) is -10.5. The molecule has 0 aromatic rings. The number of hydrogen-bond acceptors (Lipinski definition) is 40. The van der Waals surface area contributed by atoms with E-state index in [0.29, 0.717) is 0 Å². The second-order valence-electron chi connectivity index (χ2n) is 23.4. The van der Waals surface area contributed by atoms with Crippen molar-refractivity contribution in [1.29, 1.82) is 0 Å². The van der Waals surface area contributed by atoms with E-state index in [1.54, 1.807) is 0 Å². The van der Waals surface area contributed by atoms with Crippen LogP contribution in [-0.2, 0) is 105 Å². The molecule has 0 radical (unpaired) electrons. The first-order valence-corrected chi connectivity index (χ1v) is 32.6. The summed E-state index contributed by atoms with van der Waals surface area (Å²) in [5, 5.41) is 207. The molecule has 0 saturated carbocycles. The van der Waals surface area contributed by atoms with Crippen LogP contribution in [0.1, 0.15) is 27.7 Å². The van der Waals surface area contributed by atoms with Crippen LogP contribution in [0.15, 0.2) is 0 Å². The van der Waals surface area contributed by atoms with Crippen molar-refractivity contribution < 1.29 is 202 Å². The van der Waals surface area contributed by atoms with Crippen LogP contribution in [0.25, 0.3) is 0 Å². The van der Waals surface area contributed by atoms with Gasteiger partial charge in [-0.3, -0.25) is 28.3 Å². The molecule has 0 aromatic heterocycles. The minimum Gasteiger partial charge on any atom is -0.394 e. The molecule has 6 heterocycles. The molecule has 6 aliphatic rings. The normalized spacial score (nSPS) is 41.6. The van der Waals surface area contributed by atoms with Crippen molar-refractivity contribution in [1.82, 2.24) is 21.3 Å². The monoisotopic (exact) mass is 1480 g/mol. The predicted molar refractivity (Wildman–Crippen MR) is 301 cm³/mol. The van der Waals surface area contributed by atoms with Gasteiger partial charge in [0.15, 0.2) is 37.7 Å². The van der Waals surface area contributed by atoms with Crippen LogP contribution in [-0.4, -0.2) is 403 Å². The second-order valence-corrected chi connectivity index (χ2v) is 25.6. The van der Waals surface area contributed by atoms with Crippen molar-refractivity contribution in [3.8, 4) is 0 Å². The van der Waals surface area contributed by atoms with E-state index in [4.69, 9.17) is 61.4 Å². The molecule has 48 heteroatoms. The minimum atomic E-state index is -5.37. The molecular weight excluding hydrogens is 1390 g/mol. The van der Waals surface area contributed by atoms with Gasteiger partial charge in [0.25, 0.3) is 0 Å². The molecule has 6 aliphatic heterocycles. The van der Waals surface area contributed by atoms with Gasteiger partial charge in [0.2, 0.25) is 23.6 Å². The van der Waals surface area contributed by atoms with Gasteiger partial charge in [0, 0.05) is 27.7 Å². The van der Waals surface area contributed by atoms with Gasteiger partial charge in [0.05, 0.1) is 58.9 Å². The van der Waals surface area contributed by atoms with Crippen LogP contribution < -0.4 is 21.3 Å². The standard InChI is InChI=1S/C50H86N4O42S2/c1-13(60)51-17(5-55)40(28(65)18(64)10-83-45-25(52-14(2)61)34(71)41(22(9-59)89-45)93-49-38(75)36(73)30(67)23(91-49)11-84-97(77,78)79)92-46-26(53-15(3)62)42(31(68)20(7-57)86-46)95-50-39(76)44(32(69)21(8-58)88-50)96-47-27(54-16(4)63)43(33(70)24(90-47)12-85-98(80,81)82)94-48-37(74)35(72)29(66)19(6-56)87-48/h17-50,55-59,64-76H,5-12H2,1-4H3,(H,51,60)(H,52,61)(H,53,62)(H,54,63)(H,77,78,79)(H,80,81,82). The Morgan fingerprint density at radius 2 is 0.776 bits per heavy atom. The fourth-order valence-corrected chi connectivity index (χ4v) is 12.0. The maximum absolute atomic E-state index is 13.1. The lowest BCUT2D eigenvalue weighted by molar-refractivity contribution is -0.376. The van der Waals surface area contributed by atoms with Crippen molar-refractivity contribution >= 4 is 44.4 Å². The number of carbonyl (C=O) groups is 4. The highest BCUT2D eigenvalue weighted by atomic mass is 32.3. The Kier molecular flexibility index (Phi) is 30.8. The predicted octanol–water partition coefficient (Wildman–Crippen LogP) is -16.4. The van der Waals surface area contributed by atoms with Crippen LogP contribution in [0, 0.1) is 0 Å². The Hall–Kier alpha value is -3.58. The van der Waals surface area contributed by atoms with Crippen LogP contribution in [0.5, 0.6) is 0 Å². The summed E-state index contributed by atoms with van der Waals surface area (Å²) in [4.78, 5) is 51.1. The van der Waals surface area contributed by atoms with E-state index in [1.165, 1.54) is 0 Å². The minimum absolute atomic E-state index is 0.891. The number of nitrogens with one attached hydrogen (secondary N) is 4. The van der Waals surface area contributed by atoms with Crippen molar-refractivity contribution in [2.75, 3.05) is 52.9 Å². The number of rotatable bonds is 31. The zero-order chi connectivity index (χ0) is 73.3. The topological polar surface area (TPSA) is 719 Å². The van der Waals surface area contributed by atoms with Crippen LogP contribution >= 0.6 is 0 Å². The Morgan fingerprint density at radius 1 is 0.408 bits per heavy atom. The first-order valence-electron chi connectivity index (χ1n) is 29.8. The maximum Gasteiger partial charge on any atom is 0.397 e. The highest BCUT2D eigenvalue weighted by Crippen LogP contribution is 2.37. The van der Waals surface area contributed by atoms with Crippen molar-refractivity contribution in [3.63, 3.8) is 0 Å². The van der Waals surface area contributed by atoms with Gasteiger partial charge in [-0.2, -0.15) is 16.8 Å². The second kappa shape index (κ2) is 36.2. The molecule has 570 valence electrons. The molecule has 46 nitrogen and oxygen atoms in total. The van der Waals surface area contributed by atoms with E-state index >= 15 is 0 Å². The molecule has 6 saturated heterocycles. The third-order valence-electron chi connectivity index (χ3n) is 16.2. The maximum atomic E-state index is 13.1. The van der Waals surface area contributed by atoms with Gasteiger partial charge in [0.1, 0.15) is 165 Å². The van der Waals surface area contributed by atoms with E-state index in [2.05, 4.69) is 29.6 Å². The fourth-order valence-electron chi connectivity index (χ4n) is 11.4. The molecule has 34 atom stereocenters.